The number of carbonyl (C=O) groups is 2. The number of hydrogen-bond acceptors (Lipinski definition) is 7. The SMILES string of the molecule is CC(C)OC(=O)N1CCC(ONC2=CCN(c3cc(F)c(CC(=O)NCCN(C)C)cc3F)CC2)CC1. The number of ether oxygens (including phenoxy) is 1. The van der Waals surface area contributed by atoms with Gasteiger partial charge in [0.1, 0.15) is 11.6 Å². The Kier molecular flexibility index (Phi) is 10.5. The molecule has 2 amide bonds. The predicted octanol–water partition coefficient (Wildman–Crippen LogP) is 2.81. The number of halogens is 2. The summed E-state index contributed by atoms with van der Waals surface area (Å²) in [5.41, 5.74) is 4.09. The van der Waals surface area contributed by atoms with Crippen molar-refractivity contribution >= 4 is 17.7 Å². The van der Waals surface area contributed by atoms with Crippen LogP contribution in [0.4, 0.5) is 19.3 Å². The van der Waals surface area contributed by atoms with Crippen molar-refractivity contribution in [3.63, 3.8) is 0 Å². The molecule has 206 valence electrons. The van der Waals surface area contributed by atoms with E-state index in [2.05, 4.69) is 10.8 Å². The molecule has 0 saturated carbocycles. The summed E-state index contributed by atoms with van der Waals surface area (Å²) in [6.45, 7) is 6.79. The minimum atomic E-state index is -0.598. The number of nitrogens with one attached hydrogen (secondary N) is 2. The summed E-state index contributed by atoms with van der Waals surface area (Å²) in [5, 5.41) is 2.71. The van der Waals surface area contributed by atoms with Gasteiger partial charge in [0.15, 0.2) is 0 Å². The molecule has 2 heterocycles. The molecule has 1 aromatic carbocycles. The van der Waals surface area contributed by atoms with Crippen LogP contribution in [0, 0.1) is 11.6 Å². The van der Waals surface area contributed by atoms with Crippen molar-refractivity contribution in [3.05, 3.63) is 41.1 Å². The van der Waals surface area contributed by atoms with E-state index >= 15 is 0 Å². The number of likely N-dealkylation sites (tertiary alicyclic amines) is 1. The molecule has 0 spiro atoms. The fourth-order valence-electron chi connectivity index (χ4n) is 4.18. The van der Waals surface area contributed by atoms with Crippen LogP contribution in [0.15, 0.2) is 23.9 Å². The Labute approximate surface area is 217 Å². The number of rotatable bonds is 10. The number of anilines is 1. The Balaban J connectivity index is 1.45. The van der Waals surface area contributed by atoms with Gasteiger partial charge in [-0.2, -0.15) is 0 Å². The maximum Gasteiger partial charge on any atom is 0.410 e. The van der Waals surface area contributed by atoms with Crippen LogP contribution in [0.2, 0.25) is 0 Å². The van der Waals surface area contributed by atoms with E-state index in [1.165, 1.54) is 6.07 Å². The third-order valence-corrected chi connectivity index (χ3v) is 6.29. The molecular weight excluding hydrogens is 484 g/mol. The average Bonchev–Trinajstić information content (AvgIpc) is 2.85. The van der Waals surface area contributed by atoms with Crippen LogP contribution in [0.25, 0.3) is 0 Å². The number of likely N-dealkylation sites (N-methyl/N-ethyl adjacent to an activating group) is 1. The first kappa shape index (κ1) is 28.6. The van der Waals surface area contributed by atoms with Gasteiger partial charge in [-0.05, 0) is 52.9 Å². The molecule has 1 aromatic rings. The first-order chi connectivity index (χ1) is 17.6. The molecule has 2 N–H and O–H groups in total. The number of hydrogen-bond donors (Lipinski definition) is 2. The van der Waals surface area contributed by atoms with Gasteiger partial charge in [0.25, 0.3) is 0 Å². The van der Waals surface area contributed by atoms with Gasteiger partial charge in [-0.25, -0.2) is 13.6 Å². The molecule has 0 aromatic heterocycles. The number of piperidine rings is 1. The third-order valence-electron chi connectivity index (χ3n) is 6.29. The lowest BCUT2D eigenvalue weighted by Crippen LogP contribution is -2.43. The topological polar surface area (TPSA) is 86.4 Å². The molecule has 3 rings (SSSR count). The van der Waals surface area contributed by atoms with Gasteiger partial charge >= 0.3 is 6.09 Å². The Morgan fingerprint density at radius 1 is 1.14 bits per heavy atom. The largest absolute Gasteiger partial charge is 0.447 e. The van der Waals surface area contributed by atoms with Crippen LogP contribution >= 0.6 is 0 Å². The fourth-order valence-corrected chi connectivity index (χ4v) is 4.18. The van der Waals surface area contributed by atoms with Gasteiger partial charge in [-0.15, -0.1) is 0 Å². The normalized spacial score (nSPS) is 16.7. The highest BCUT2D eigenvalue weighted by Crippen LogP contribution is 2.26. The zero-order valence-corrected chi connectivity index (χ0v) is 22.2. The quantitative estimate of drug-likeness (QED) is 0.456. The Bertz CT molecular complexity index is 965. The van der Waals surface area contributed by atoms with Gasteiger partial charge < -0.3 is 24.8 Å². The summed E-state index contributed by atoms with van der Waals surface area (Å²) in [7, 11) is 3.78. The number of nitrogens with zero attached hydrogens (tertiary/aromatic N) is 3. The number of hydroxylamine groups is 1. The molecule has 2 aliphatic rings. The van der Waals surface area contributed by atoms with Crippen molar-refractivity contribution in [1.29, 1.82) is 0 Å². The van der Waals surface area contributed by atoms with E-state index in [-0.39, 0.29) is 41.9 Å². The summed E-state index contributed by atoms with van der Waals surface area (Å²) in [6, 6.07) is 2.28. The van der Waals surface area contributed by atoms with Crippen LogP contribution in [-0.4, -0.2) is 87.4 Å². The van der Waals surface area contributed by atoms with Crippen molar-refractivity contribution in [2.45, 2.75) is 51.7 Å². The zero-order chi connectivity index (χ0) is 26.9. The van der Waals surface area contributed by atoms with Gasteiger partial charge in [0, 0.05) is 63.0 Å². The molecule has 9 nitrogen and oxygen atoms in total. The van der Waals surface area contributed by atoms with E-state index in [1.54, 1.807) is 9.80 Å². The van der Waals surface area contributed by atoms with Crippen LogP contribution in [0.5, 0.6) is 0 Å². The van der Waals surface area contributed by atoms with Crippen LogP contribution in [0.1, 0.15) is 38.7 Å². The van der Waals surface area contributed by atoms with E-state index < -0.39 is 11.6 Å². The fraction of sp³-hybridized carbons (Fsp3) is 0.615. The van der Waals surface area contributed by atoms with Crippen molar-refractivity contribution in [3.8, 4) is 0 Å². The van der Waals surface area contributed by atoms with E-state index in [0.717, 1.165) is 11.8 Å². The smallest absolute Gasteiger partial charge is 0.410 e. The van der Waals surface area contributed by atoms with Gasteiger partial charge in [0.2, 0.25) is 5.91 Å². The minimum Gasteiger partial charge on any atom is -0.447 e. The second-order valence-electron chi connectivity index (χ2n) is 9.99. The van der Waals surface area contributed by atoms with Gasteiger partial charge in [0.05, 0.1) is 24.3 Å². The monoisotopic (exact) mass is 523 g/mol. The van der Waals surface area contributed by atoms with Crippen molar-refractivity contribution in [1.82, 2.24) is 20.6 Å². The van der Waals surface area contributed by atoms with Crippen LogP contribution in [-0.2, 0) is 20.8 Å². The van der Waals surface area contributed by atoms with Crippen LogP contribution in [0.3, 0.4) is 0 Å². The predicted molar refractivity (Wildman–Crippen MR) is 137 cm³/mol. The van der Waals surface area contributed by atoms with E-state index in [0.29, 0.717) is 58.5 Å². The Morgan fingerprint density at radius 3 is 2.49 bits per heavy atom. The second-order valence-corrected chi connectivity index (χ2v) is 9.99. The second kappa shape index (κ2) is 13.6. The lowest BCUT2D eigenvalue weighted by atomic mass is 10.1. The van der Waals surface area contributed by atoms with Crippen molar-refractivity contribution in [2.75, 3.05) is 58.3 Å². The molecular formula is C26H39F2N5O4. The molecule has 37 heavy (non-hydrogen) atoms. The molecule has 11 heteroatoms. The number of amides is 2. The van der Waals surface area contributed by atoms with E-state index in [1.807, 2.05) is 38.9 Å². The molecule has 0 atom stereocenters. The summed E-state index contributed by atoms with van der Waals surface area (Å²) in [6.07, 6.45) is 3.19. The minimum absolute atomic E-state index is 0.0267. The third kappa shape index (κ3) is 8.85. The molecule has 1 fully saturated rings. The molecule has 2 aliphatic heterocycles. The average molecular weight is 524 g/mol. The number of carbonyl (C=O) groups excluding carboxylic acids is 2. The van der Waals surface area contributed by atoms with E-state index in [4.69, 9.17) is 9.57 Å². The molecule has 0 radical (unpaired) electrons. The van der Waals surface area contributed by atoms with Crippen LogP contribution < -0.4 is 15.7 Å². The lowest BCUT2D eigenvalue weighted by molar-refractivity contribution is -0.120. The zero-order valence-electron chi connectivity index (χ0n) is 22.2. The first-order valence-electron chi connectivity index (χ1n) is 12.8. The van der Waals surface area contributed by atoms with Gasteiger partial charge in [-0.1, -0.05) is 0 Å². The maximum atomic E-state index is 14.8. The maximum absolute atomic E-state index is 14.8. The summed E-state index contributed by atoms with van der Waals surface area (Å²) >= 11 is 0. The highest BCUT2D eigenvalue weighted by molar-refractivity contribution is 5.78. The summed E-state index contributed by atoms with van der Waals surface area (Å²) in [4.78, 5) is 35.2. The summed E-state index contributed by atoms with van der Waals surface area (Å²) in [5.74, 6) is -1.49. The van der Waals surface area contributed by atoms with Crippen molar-refractivity contribution < 1.29 is 27.9 Å². The van der Waals surface area contributed by atoms with Gasteiger partial charge in [-0.3, -0.25) is 15.1 Å². The highest BCUT2D eigenvalue weighted by Gasteiger charge is 2.26. The summed E-state index contributed by atoms with van der Waals surface area (Å²) < 4.78 is 34.7. The Hall–Kier alpha value is -2.92. The Morgan fingerprint density at radius 2 is 1.86 bits per heavy atom. The first-order valence-corrected chi connectivity index (χ1v) is 12.8. The highest BCUT2D eigenvalue weighted by atomic mass is 19.1. The molecule has 0 unspecified atom stereocenters. The van der Waals surface area contributed by atoms with E-state index in [9.17, 15) is 18.4 Å². The van der Waals surface area contributed by atoms with Crippen molar-refractivity contribution in [2.24, 2.45) is 0 Å². The lowest BCUT2D eigenvalue weighted by Gasteiger charge is -2.33. The number of benzene rings is 1. The molecule has 0 aliphatic carbocycles. The molecule has 0 bridgehead atoms. The molecule has 1 saturated heterocycles. The standard InChI is InChI=1S/C26H39F2N5O4/c1-18(2)36-26(35)33-12-7-21(8-13-33)37-30-20-5-10-32(11-6-20)24-17-22(27)19(15-23(24)28)16-25(34)29-9-14-31(3)4/h5,15,17-18,21,30H,6-14,16H2,1-4H3,(H,29,34).